The Hall–Kier alpha value is -1.56. The third-order valence-electron chi connectivity index (χ3n) is 2.77. The molecule has 0 saturated carbocycles. The first-order chi connectivity index (χ1) is 10.0. The highest BCUT2D eigenvalue weighted by Crippen LogP contribution is 2.20. The zero-order chi connectivity index (χ0) is 15.7. The summed E-state index contributed by atoms with van der Waals surface area (Å²) in [7, 11) is 0. The van der Waals surface area contributed by atoms with E-state index in [0.29, 0.717) is 41.8 Å². The molecule has 1 aromatic rings. The summed E-state index contributed by atoms with van der Waals surface area (Å²) in [6, 6.07) is 4.99. The maximum absolute atomic E-state index is 11.9. The molecule has 5 nitrogen and oxygen atoms in total. The molecule has 0 fully saturated rings. The Balaban J connectivity index is 2.22. The quantitative estimate of drug-likeness (QED) is 0.438. The van der Waals surface area contributed by atoms with Crippen LogP contribution in [0.15, 0.2) is 22.7 Å². The summed E-state index contributed by atoms with van der Waals surface area (Å²) in [5.41, 5.74) is 6.57. The van der Waals surface area contributed by atoms with Gasteiger partial charge in [0.1, 0.15) is 0 Å². The first-order valence-electron chi connectivity index (χ1n) is 6.92. The van der Waals surface area contributed by atoms with Gasteiger partial charge in [0.05, 0.1) is 18.8 Å². The molecule has 21 heavy (non-hydrogen) atoms. The highest BCUT2D eigenvalue weighted by molar-refractivity contribution is 9.10. The predicted molar refractivity (Wildman–Crippen MR) is 83.9 cm³/mol. The van der Waals surface area contributed by atoms with Crippen LogP contribution in [0.4, 0.5) is 5.69 Å². The minimum absolute atomic E-state index is 0.182. The van der Waals surface area contributed by atoms with Crippen molar-refractivity contribution in [2.75, 3.05) is 18.9 Å². The van der Waals surface area contributed by atoms with E-state index in [9.17, 15) is 9.59 Å². The van der Waals surface area contributed by atoms with Gasteiger partial charge in [-0.1, -0.05) is 0 Å². The van der Waals surface area contributed by atoms with Crippen LogP contribution in [-0.4, -0.2) is 25.2 Å². The Labute approximate surface area is 132 Å². The molecule has 0 saturated heterocycles. The van der Waals surface area contributed by atoms with Crippen molar-refractivity contribution >= 4 is 33.6 Å². The van der Waals surface area contributed by atoms with Gasteiger partial charge in [0.15, 0.2) is 0 Å². The zero-order valence-corrected chi connectivity index (χ0v) is 13.6. The molecule has 0 aromatic heterocycles. The smallest absolute Gasteiger partial charge is 0.339 e. The summed E-state index contributed by atoms with van der Waals surface area (Å²) in [5.74, 6) is -0.585. The monoisotopic (exact) mass is 357 g/mol. The van der Waals surface area contributed by atoms with Crippen molar-refractivity contribution in [1.29, 1.82) is 0 Å². The first-order valence-corrected chi connectivity index (χ1v) is 7.71. The number of nitrogen functional groups attached to an aromatic ring is 1. The number of hydrogen-bond acceptors (Lipinski definition) is 5. The zero-order valence-electron chi connectivity index (χ0n) is 12.1. The predicted octanol–water partition coefficient (Wildman–Crippen LogP) is 3.31. The van der Waals surface area contributed by atoms with Crippen LogP contribution in [0, 0.1) is 0 Å². The number of unbranched alkanes of at least 4 members (excludes halogenated alkanes) is 2. The number of anilines is 1. The minimum Gasteiger partial charge on any atom is -0.466 e. The SMILES string of the molecule is CCOC(=O)CCCCCOC(=O)c1cc(N)ccc1Br. The summed E-state index contributed by atoms with van der Waals surface area (Å²) in [6.07, 6.45) is 2.66. The van der Waals surface area contributed by atoms with E-state index >= 15 is 0 Å². The number of ether oxygens (including phenoxy) is 2. The van der Waals surface area contributed by atoms with Gasteiger partial charge in [0.2, 0.25) is 0 Å². The molecule has 0 bridgehead atoms. The number of carbonyl (C=O) groups is 2. The van der Waals surface area contributed by atoms with Gasteiger partial charge in [0, 0.05) is 16.6 Å². The molecule has 0 radical (unpaired) electrons. The van der Waals surface area contributed by atoms with Gasteiger partial charge >= 0.3 is 11.9 Å². The van der Waals surface area contributed by atoms with E-state index in [2.05, 4.69) is 15.9 Å². The van der Waals surface area contributed by atoms with Crippen molar-refractivity contribution in [2.45, 2.75) is 32.6 Å². The van der Waals surface area contributed by atoms with Gasteiger partial charge in [-0.2, -0.15) is 0 Å². The standard InChI is InChI=1S/C15H20BrNO4/c1-2-20-14(18)6-4-3-5-9-21-15(19)12-10-11(17)7-8-13(12)16/h7-8,10H,2-6,9,17H2,1H3. The normalized spacial score (nSPS) is 10.2. The lowest BCUT2D eigenvalue weighted by atomic mass is 10.2. The summed E-state index contributed by atoms with van der Waals surface area (Å²) in [6.45, 7) is 2.51. The van der Waals surface area contributed by atoms with Crippen molar-refractivity contribution in [3.63, 3.8) is 0 Å². The lowest BCUT2D eigenvalue weighted by Crippen LogP contribution is -2.08. The van der Waals surface area contributed by atoms with Crippen molar-refractivity contribution in [3.05, 3.63) is 28.2 Å². The molecule has 0 aliphatic heterocycles. The van der Waals surface area contributed by atoms with E-state index < -0.39 is 5.97 Å². The van der Waals surface area contributed by atoms with E-state index in [1.54, 1.807) is 25.1 Å². The van der Waals surface area contributed by atoms with Gasteiger partial charge in [-0.05, 0) is 60.3 Å². The maximum atomic E-state index is 11.9. The lowest BCUT2D eigenvalue weighted by molar-refractivity contribution is -0.143. The molecule has 0 aliphatic carbocycles. The molecular formula is C15H20BrNO4. The highest BCUT2D eigenvalue weighted by Gasteiger charge is 2.11. The largest absolute Gasteiger partial charge is 0.466 e. The molecule has 0 spiro atoms. The van der Waals surface area contributed by atoms with Crippen LogP contribution in [0.1, 0.15) is 43.0 Å². The molecule has 6 heteroatoms. The Morgan fingerprint density at radius 1 is 1.19 bits per heavy atom. The Morgan fingerprint density at radius 2 is 1.95 bits per heavy atom. The average molecular weight is 358 g/mol. The van der Waals surface area contributed by atoms with Crippen LogP contribution in [0.25, 0.3) is 0 Å². The second-order valence-electron chi connectivity index (χ2n) is 4.49. The third-order valence-corrected chi connectivity index (χ3v) is 3.47. The first kappa shape index (κ1) is 17.5. The topological polar surface area (TPSA) is 78.6 Å². The number of halogens is 1. The van der Waals surface area contributed by atoms with Crippen molar-refractivity contribution < 1.29 is 19.1 Å². The van der Waals surface area contributed by atoms with Gasteiger partial charge in [-0.3, -0.25) is 4.79 Å². The fourth-order valence-corrected chi connectivity index (χ4v) is 2.13. The lowest BCUT2D eigenvalue weighted by Gasteiger charge is -2.07. The second kappa shape index (κ2) is 9.39. The molecule has 0 unspecified atom stereocenters. The van der Waals surface area contributed by atoms with Gasteiger partial charge in [-0.25, -0.2) is 4.79 Å². The van der Waals surface area contributed by atoms with E-state index in [0.717, 1.165) is 12.8 Å². The summed E-state index contributed by atoms with van der Waals surface area (Å²) < 4.78 is 10.7. The Bertz CT molecular complexity index is 491. The van der Waals surface area contributed by atoms with Gasteiger partial charge in [-0.15, -0.1) is 0 Å². The number of rotatable bonds is 8. The van der Waals surface area contributed by atoms with Crippen LogP contribution < -0.4 is 5.73 Å². The molecular weight excluding hydrogens is 338 g/mol. The summed E-state index contributed by atoms with van der Waals surface area (Å²) in [4.78, 5) is 23.0. The summed E-state index contributed by atoms with van der Waals surface area (Å²) >= 11 is 3.29. The summed E-state index contributed by atoms with van der Waals surface area (Å²) in [5, 5.41) is 0. The molecule has 0 atom stereocenters. The van der Waals surface area contributed by atoms with Crippen molar-refractivity contribution in [1.82, 2.24) is 0 Å². The fraction of sp³-hybridized carbons (Fsp3) is 0.467. The van der Waals surface area contributed by atoms with Crippen LogP contribution >= 0.6 is 15.9 Å². The molecule has 0 heterocycles. The Morgan fingerprint density at radius 3 is 2.67 bits per heavy atom. The van der Waals surface area contributed by atoms with Crippen molar-refractivity contribution in [2.24, 2.45) is 0 Å². The van der Waals surface area contributed by atoms with Crippen LogP contribution in [-0.2, 0) is 14.3 Å². The number of carbonyl (C=O) groups excluding carboxylic acids is 2. The number of hydrogen-bond donors (Lipinski definition) is 1. The van der Waals surface area contributed by atoms with Crippen LogP contribution in [0.5, 0.6) is 0 Å². The van der Waals surface area contributed by atoms with E-state index in [1.165, 1.54) is 0 Å². The molecule has 1 rings (SSSR count). The third kappa shape index (κ3) is 6.62. The van der Waals surface area contributed by atoms with Crippen molar-refractivity contribution in [3.8, 4) is 0 Å². The van der Waals surface area contributed by atoms with Gasteiger partial charge in [0.25, 0.3) is 0 Å². The molecule has 116 valence electrons. The minimum atomic E-state index is -0.403. The number of nitrogens with two attached hydrogens (primary N) is 1. The van der Waals surface area contributed by atoms with E-state index in [4.69, 9.17) is 15.2 Å². The second-order valence-corrected chi connectivity index (χ2v) is 5.35. The van der Waals surface area contributed by atoms with Crippen LogP contribution in [0.2, 0.25) is 0 Å². The maximum Gasteiger partial charge on any atom is 0.339 e. The molecule has 0 aliphatic rings. The van der Waals surface area contributed by atoms with Gasteiger partial charge < -0.3 is 15.2 Å². The van der Waals surface area contributed by atoms with E-state index in [-0.39, 0.29) is 5.97 Å². The molecule has 1 aromatic carbocycles. The average Bonchev–Trinajstić information content (AvgIpc) is 2.45. The molecule has 2 N–H and O–H groups in total. The Kier molecular flexibility index (Phi) is 7.82. The highest BCUT2D eigenvalue weighted by atomic mass is 79.9. The molecule has 0 amide bonds. The van der Waals surface area contributed by atoms with E-state index in [1.807, 2.05) is 0 Å². The van der Waals surface area contributed by atoms with Crippen LogP contribution in [0.3, 0.4) is 0 Å². The fourth-order valence-electron chi connectivity index (χ4n) is 1.72. The number of benzene rings is 1. The number of esters is 2.